The van der Waals surface area contributed by atoms with Gasteiger partial charge in [0.1, 0.15) is 0 Å². The molecule has 0 atom stereocenters. The van der Waals surface area contributed by atoms with Crippen molar-refractivity contribution in [3.8, 4) is 0 Å². The molecule has 4 rings (SSSR count). The van der Waals surface area contributed by atoms with Crippen LogP contribution in [-0.2, 0) is 17.8 Å². The first kappa shape index (κ1) is 29.0. The SMILES string of the molecule is CCOC(=O)n1nc(NC(=O)c2ccc(N3CCN(CC)CC3)cc2)c2c1CNC2.Cl.Cl.Cl. The summed E-state index contributed by atoms with van der Waals surface area (Å²) in [4.78, 5) is 29.7. The number of anilines is 2. The summed E-state index contributed by atoms with van der Waals surface area (Å²) < 4.78 is 6.28. The predicted octanol–water partition coefficient (Wildman–Crippen LogP) is 3.15. The molecule has 184 valence electrons. The molecule has 0 unspecified atom stereocenters. The second-order valence-corrected chi connectivity index (χ2v) is 7.41. The highest BCUT2D eigenvalue weighted by molar-refractivity contribution is 6.04. The van der Waals surface area contributed by atoms with Crippen molar-refractivity contribution in [1.82, 2.24) is 20.0 Å². The number of nitrogens with one attached hydrogen (secondary N) is 2. The Labute approximate surface area is 212 Å². The van der Waals surface area contributed by atoms with E-state index in [9.17, 15) is 9.59 Å². The molecule has 2 aliphatic heterocycles. The van der Waals surface area contributed by atoms with Gasteiger partial charge in [-0.1, -0.05) is 6.92 Å². The molecule has 0 saturated carbocycles. The molecule has 1 amide bonds. The lowest BCUT2D eigenvalue weighted by Gasteiger charge is -2.35. The van der Waals surface area contributed by atoms with Gasteiger partial charge in [-0.3, -0.25) is 4.79 Å². The number of aromatic nitrogens is 2. The maximum Gasteiger partial charge on any atom is 0.435 e. The molecule has 2 aromatic rings. The van der Waals surface area contributed by atoms with E-state index >= 15 is 0 Å². The molecular weight excluding hydrogens is 491 g/mol. The number of piperazine rings is 1. The monoisotopic (exact) mass is 520 g/mol. The smallest absolute Gasteiger partial charge is 0.435 e. The van der Waals surface area contributed by atoms with Crippen molar-refractivity contribution in [3.05, 3.63) is 41.1 Å². The number of benzene rings is 1. The van der Waals surface area contributed by atoms with Crippen LogP contribution < -0.4 is 15.5 Å². The number of ether oxygens (including phenoxy) is 1. The van der Waals surface area contributed by atoms with E-state index in [-0.39, 0.29) is 49.7 Å². The van der Waals surface area contributed by atoms with E-state index in [1.807, 2.05) is 24.3 Å². The number of hydrogen-bond acceptors (Lipinski definition) is 7. The molecule has 3 heterocycles. The number of amides is 1. The molecule has 2 N–H and O–H groups in total. The summed E-state index contributed by atoms with van der Waals surface area (Å²) >= 11 is 0. The summed E-state index contributed by atoms with van der Waals surface area (Å²) in [6.45, 7) is 10.4. The molecule has 1 aromatic heterocycles. The van der Waals surface area contributed by atoms with Crippen molar-refractivity contribution < 1.29 is 14.3 Å². The summed E-state index contributed by atoms with van der Waals surface area (Å²) in [5.41, 5.74) is 3.22. The molecule has 0 radical (unpaired) electrons. The lowest BCUT2D eigenvalue weighted by Crippen LogP contribution is -2.46. The van der Waals surface area contributed by atoms with Gasteiger partial charge in [0.25, 0.3) is 5.91 Å². The van der Waals surface area contributed by atoms with Gasteiger partial charge in [-0.25, -0.2) is 4.79 Å². The topological polar surface area (TPSA) is 91.7 Å². The van der Waals surface area contributed by atoms with Crippen molar-refractivity contribution in [1.29, 1.82) is 0 Å². The Morgan fingerprint density at radius 1 is 1.03 bits per heavy atom. The van der Waals surface area contributed by atoms with Gasteiger partial charge in [-0.05, 0) is 37.7 Å². The number of carbonyl (C=O) groups excluding carboxylic acids is 2. The van der Waals surface area contributed by atoms with Gasteiger partial charge < -0.3 is 25.2 Å². The molecule has 0 aliphatic carbocycles. The van der Waals surface area contributed by atoms with Gasteiger partial charge in [0, 0.05) is 56.1 Å². The molecule has 1 fully saturated rings. The highest BCUT2D eigenvalue weighted by Gasteiger charge is 2.27. The van der Waals surface area contributed by atoms with Gasteiger partial charge in [-0.2, -0.15) is 4.68 Å². The van der Waals surface area contributed by atoms with Crippen LogP contribution in [0.1, 0.15) is 35.5 Å². The zero-order valence-electron chi connectivity index (χ0n) is 18.7. The number of fused-ring (bicyclic) bond motifs is 1. The second-order valence-electron chi connectivity index (χ2n) is 7.41. The van der Waals surface area contributed by atoms with Gasteiger partial charge in [0.2, 0.25) is 0 Å². The minimum absolute atomic E-state index is 0. The maximum atomic E-state index is 12.8. The van der Waals surface area contributed by atoms with Crippen LogP contribution in [0, 0.1) is 0 Å². The first-order chi connectivity index (χ1) is 14.6. The van der Waals surface area contributed by atoms with Crippen molar-refractivity contribution in [2.75, 3.05) is 49.5 Å². The second kappa shape index (κ2) is 13.0. The Bertz CT molecular complexity index is 930. The summed E-state index contributed by atoms with van der Waals surface area (Å²) in [5, 5.41) is 10.3. The third-order valence-corrected chi connectivity index (χ3v) is 5.67. The summed E-state index contributed by atoms with van der Waals surface area (Å²) in [5.74, 6) is 0.147. The fraction of sp³-hybridized carbons (Fsp3) is 0.476. The first-order valence-corrected chi connectivity index (χ1v) is 10.5. The Morgan fingerprint density at radius 3 is 2.30 bits per heavy atom. The molecule has 0 spiro atoms. The molecule has 0 bridgehead atoms. The quantitative estimate of drug-likeness (QED) is 0.624. The third-order valence-electron chi connectivity index (χ3n) is 5.67. The van der Waals surface area contributed by atoms with Crippen molar-refractivity contribution in [2.45, 2.75) is 26.9 Å². The van der Waals surface area contributed by atoms with Crippen LogP contribution in [0.2, 0.25) is 0 Å². The van der Waals surface area contributed by atoms with Crippen LogP contribution in [0.3, 0.4) is 0 Å². The van der Waals surface area contributed by atoms with Crippen molar-refractivity contribution in [3.63, 3.8) is 0 Å². The first-order valence-electron chi connectivity index (χ1n) is 10.5. The number of likely N-dealkylation sites (N-methyl/N-ethyl adjacent to an activating group) is 1. The van der Waals surface area contributed by atoms with E-state index in [4.69, 9.17) is 4.74 Å². The van der Waals surface area contributed by atoms with Crippen LogP contribution in [0.25, 0.3) is 0 Å². The Hall–Kier alpha value is -2.04. The van der Waals surface area contributed by atoms with Crippen LogP contribution in [0.4, 0.5) is 16.3 Å². The fourth-order valence-corrected chi connectivity index (χ4v) is 3.92. The number of hydrogen-bond donors (Lipinski definition) is 2. The largest absolute Gasteiger partial charge is 0.448 e. The highest BCUT2D eigenvalue weighted by Crippen LogP contribution is 2.25. The highest BCUT2D eigenvalue weighted by atomic mass is 35.5. The summed E-state index contributed by atoms with van der Waals surface area (Å²) in [6, 6.07) is 7.63. The fourth-order valence-electron chi connectivity index (χ4n) is 3.92. The van der Waals surface area contributed by atoms with Crippen molar-refractivity contribution >= 4 is 60.7 Å². The number of carbonyl (C=O) groups is 2. The van der Waals surface area contributed by atoms with E-state index in [0.29, 0.717) is 24.5 Å². The van der Waals surface area contributed by atoms with Crippen LogP contribution in [0.15, 0.2) is 24.3 Å². The zero-order chi connectivity index (χ0) is 21.1. The van der Waals surface area contributed by atoms with E-state index in [0.717, 1.165) is 49.7 Å². The van der Waals surface area contributed by atoms with Gasteiger partial charge >= 0.3 is 6.09 Å². The molecule has 33 heavy (non-hydrogen) atoms. The third kappa shape index (κ3) is 6.30. The summed E-state index contributed by atoms with van der Waals surface area (Å²) in [7, 11) is 0. The molecule has 2 aliphatic rings. The maximum absolute atomic E-state index is 12.8. The minimum Gasteiger partial charge on any atom is -0.448 e. The molecule has 1 aromatic carbocycles. The molecule has 1 saturated heterocycles. The normalized spacial score (nSPS) is 14.9. The lowest BCUT2D eigenvalue weighted by molar-refractivity contribution is 0.102. The molecule has 9 nitrogen and oxygen atoms in total. The minimum atomic E-state index is -0.537. The average Bonchev–Trinajstić information content (AvgIpc) is 3.38. The standard InChI is InChI=1S/C21H28N6O3.3ClH/c1-3-25-9-11-26(12-10-25)16-7-5-15(6-8-16)20(28)23-19-17-13-22-14-18(17)27(24-19)21(29)30-4-2;;;/h5-8,22H,3-4,9-14H2,1-2H3,(H,23,24,28);3*1H. The summed E-state index contributed by atoms with van der Waals surface area (Å²) in [6.07, 6.45) is -0.537. The van der Waals surface area contributed by atoms with Crippen LogP contribution >= 0.6 is 37.2 Å². The van der Waals surface area contributed by atoms with E-state index in [1.54, 1.807) is 6.92 Å². The Kier molecular flexibility index (Phi) is 11.4. The van der Waals surface area contributed by atoms with Crippen LogP contribution in [0.5, 0.6) is 0 Å². The van der Waals surface area contributed by atoms with Crippen molar-refractivity contribution in [2.24, 2.45) is 0 Å². The lowest BCUT2D eigenvalue weighted by atomic mass is 10.1. The molecule has 12 heteroatoms. The number of rotatable bonds is 5. The van der Waals surface area contributed by atoms with Crippen LogP contribution in [-0.4, -0.2) is 66.0 Å². The molecular formula is C21H31Cl3N6O3. The zero-order valence-corrected chi connectivity index (χ0v) is 21.2. The number of nitrogens with zero attached hydrogens (tertiary/aromatic N) is 4. The van der Waals surface area contributed by atoms with Gasteiger partial charge in [0.05, 0.1) is 12.3 Å². The van der Waals surface area contributed by atoms with E-state index in [1.165, 1.54) is 4.68 Å². The Balaban J connectivity index is 0.00000181. The van der Waals surface area contributed by atoms with E-state index < -0.39 is 6.09 Å². The Morgan fingerprint density at radius 2 is 1.70 bits per heavy atom. The van der Waals surface area contributed by atoms with Gasteiger partial charge in [-0.15, -0.1) is 42.3 Å². The van der Waals surface area contributed by atoms with E-state index in [2.05, 4.69) is 32.5 Å². The number of halogens is 3. The van der Waals surface area contributed by atoms with Gasteiger partial charge in [0.15, 0.2) is 5.82 Å². The predicted molar refractivity (Wildman–Crippen MR) is 136 cm³/mol. The average molecular weight is 522 g/mol.